The van der Waals surface area contributed by atoms with Crippen LogP contribution in [-0.4, -0.2) is 5.78 Å². The minimum Gasteiger partial charge on any atom is -0.289 e. The number of carbonyl (C=O) groups excluding carboxylic acids is 1. The van der Waals surface area contributed by atoms with Gasteiger partial charge in [0.2, 0.25) is 0 Å². The Hall–Kier alpha value is -0.870. The van der Waals surface area contributed by atoms with Gasteiger partial charge in [-0.2, -0.15) is 0 Å². The molecular weight excluding hydrogens is 347 g/mol. The molecule has 2 rings (SSSR count). The monoisotopic (exact) mass is 356 g/mol. The number of halogens is 2. The first-order valence-electron chi connectivity index (χ1n) is 5.14. The zero-order valence-electron chi connectivity index (χ0n) is 9.21. The molecule has 0 bridgehead atoms. The van der Waals surface area contributed by atoms with Crippen LogP contribution in [0.25, 0.3) is 0 Å². The van der Waals surface area contributed by atoms with E-state index in [1.807, 2.05) is 43.3 Å². The second-order valence-electron chi connectivity index (χ2n) is 3.85. The highest BCUT2D eigenvalue weighted by atomic mass is 127. The molecular formula is C14H10ClIO. The first-order valence-corrected chi connectivity index (χ1v) is 6.59. The van der Waals surface area contributed by atoms with Crippen molar-refractivity contribution in [2.45, 2.75) is 6.92 Å². The number of aryl methyl sites for hydroxylation is 1. The van der Waals surface area contributed by atoms with Crippen LogP contribution in [-0.2, 0) is 0 Å². The van der Waals surface area contributed by atoms with Gasteiger partial charge in [0.25, 0.3) is 0 Å². The van der Waals surface area contributed by atoms with Crippen LogP contribution in [0.4, 0.5) is 0 Å². The fraction of sp³-hybridized carbons (Fsp3) is 0.0714. The third-order valence-corrected chi connectivity index (χ3v) is 3.35. The molecule has 86 valence electrons. The SMILES string of the molecule is Cc1cc(Cl)cc(C(=O)c2ccc(I)cc2)c1. The van der Waals surface area contributed by atoms with Crippen molar-refractivity contribution in [2.75, 3.05) is 0 Å². The highest BCUT2D eigenvalue weighted by Gasteiger charge is 2.09. The third kappa shape index (κ3) is 3.07. The summed E-state index contributed by atoms with van der Waals surface area (Å²) in [6.07, 6.45) is 0. The predicted molar refractivity (Wildman–Crippen MR) is 78.8 cm³/mol. The molecule has 0 amide bonds. The van der Waals surface area contributed by atoms with E-state index in [2.05, 4.69) is 22.6 Å². The van der Waals surface area contributed by atoms with E-state index < -0.39 is 0 Å². The highest BCUT2D eigenvalue weighted by molar-refractivity contribution is 14.1. The van der Waals surface area contributed by atoms with E-state index in [1.54, 1.807) is 6.07 Å². The summed E-state index contributed by atoms with van der Waals surface area (Å²) < 4.78 is 1.11. The molecule has 0 spiro atoms. The van der Waals surface area contributed by atoms with E-state index in [0.29, 0.717) is 16.1 Å². The molecule has 2 aromatic carbocycles. The van der Waals surface area contributed by atoms with E-state index in [0.717, 1.165) is 9.13 Å². The van der Waals surface area contributed by atoms with E-state index in [-0.39, 0.29) is 5.78 Å². The Morgan fingerprint density at radius 3 is 2.29 bits per heavy atom. The topological polar surface area (TPSA) is 17.1 Å². The minimum absolute atomic E-state index is 0.00648. The summed E-state index contributed by atoms with van der Waals surface area (Å²) in [5.74, 6) is 0.00648. The normalized spacial score (nSPS) is 10.3. The molecule has 0 aliphatic heterocycles. The predicted octanol–water partition coefficient (Wildman–Crippen LogP) is 4.48. The minimum atomic E-state index is 0.00648. The van der Waals surface area contributed by atoms with Crippen molar-refractivity contribution < 1.29 is 4.79 Å². The Kier molecular flexibility index (Phi) is 3.84. The van der Waals surface area contributed by atoms with Crippen LogP contribution < -0.4 is 0 Å². The molecule has 0 N–H and O–H groups in total. The van der Waals surface area contributed by atoms with Crippen LogP contribution in [0, 0.1) is 10.5 Å². The zero-order valence-corrected chi connectivity index (χ0v) is 12.1. The summed E-state index contributed by atoms with van der Waals surface area (Å²) in [6.45, 7) is 1.93. The Balaban J connectivity index is 2.40. The van der Waals surface area contributed by atoms with Gasteiger partial charge in [0.15, 0.2) is 5.78 Å². The van der Waals surface area contributed by atoms with Crippen molar-refractivity contribution in [1.29, 1.82) is 0 Å². The molecule has 0 aliphatic rings. The molecule has 0 heterocycles. The van der Waals surface area contributed by atoms with Gasteiger partial charge in [-0.3, -0.25) is 4.79 Å². The van der Waals surface area contributed by atoms with Crippen LogP contribution in [0.2, 0.25) is 5.02 Å². The van der Waals surface area contributed by atoms with E-state index in [9.17, 15) is 4.79 Å². The van der Waals surface area contributed by atoms with E-state index >= 15 is 0 Å². The number of hydrogen-bond donors (Lipinski definition) is 0. The number of hydrogen-bond acceptors (Lipinski definition) is 1. The van der Waals surface area contributed by atoms with Gasteiger partial charge in [-0.05, 0) is 77.5 Å². The van der Waals surface area contributed by atoms with Crippen LogP contribution in [0.3, 0.4) is 0 Å². The third-order valence-electron chi connectivity index (χ3n) is 2.41. The smallest absolute Gasteiger partial charge is 0.193 e. The van der Waals surface area contributed by atoms with Gasteiger partial charge in [-0.1, -0.05) is 11.6 Å². The van der Waals surface area contributed by atoms with Gasteiger partial charge in [0.05, 0.1) is 0 Å². The lowest BCUT2D eigenvalue weighted by Gasteiger charge is -2.03. The fourth-order valence-corrected chi connectivity index (χ4v) is 2.28. The molecule has 0 radical (unpaired) electrons. The molecule has 0 saturated heterocycles. The summed E-state index contributed by atoms with van der Waals surface area (Å²) in [6, 6.07) is 12.9. The summed E-state index contributed by atoms with van der Waals surface area (Å²) in [7, 11) is 0. The van der Waals surface area contributed by atoms with Gasteiger partial charge in [0, 0.05) is 19.7 Å². The molecule has 0 atom stereocenters. The Bertz CT molecular complexity index is 541. The Morgan fingerprint density at radius 1 is 1.06 bits per heavy atom. The maximum atomic E-state index is 12.2. The first-order chi connectivity index (χ1) is 8.06. The van der Waals surface area contributed by atoms with Crippen LogP contribution in [0.5, 0.6) is 0 Å². The van der Waals surface area contributed by atoms with Crippen molar-refractivity contribution in [2.24, 2.45) is 0 Å². The van der Waals surface area contributed by atoms with Gasteiger partial charge in [0.1, 0.15) is 0 Å². The Morgan fingerprint density at radius 2 is 1.71 bits per heavy atom. The van der Waals surface area contributed by atoms with Gasteiger partial charge in [-0.15, -0.1) is 0 Å². The summed E-state index contributed by atoms with van der Waals surface area (Å²) in [5.41, 5.74) is 2.31. The van der Waals surface area contributed by atoms with Crippen molar-refractivity contribution in [3.05, 3.63) is 67.7 Å². The summed E-state index contributed by atoms with van der Waals surface area (Å²) in [5, 5.41) is 0.596. The van der Waals surface area contributed by atoms with Crippen molar-refractivity contribution in [1.82, 2.24) is 0 Å². The van der Waals surface area contributed by atoms with E-state index in [1.165, 1.54) is 0 Å². The maximum absolute atomic E-state index is 12.2. The maximum Gasteiger partial charge on any atom is 0.193 e. The number of benzene rings is 2. The van der Waals surface area contributed by atoms with Crippen molar-refractivity contribution in [3.8, 4) is 0 Å². The lowest BCUT2D eigenvalue weighted by molar-refractivity contribution is 0.103. The number of carbonyl (C=O) groups is 1. The Labute approximate surface area is 119 Å². The standard InChI is InChI=1S/C14H10ClIO/c1-9-6-11(8-12(15)7-9)14(17)10-2-4-13(16)5-3-10/h2-8H,1H3. The van der Waals surface area contributed by atoms with Crippen molar-refractivity contribution >= 4 is 40.0 Å². The lowest BCUT2D eigenvalue weighted by atomic mass is 10.0. The largest absolute Gasteiger partial charge is 0.289 e. The number of ketones is 1. The zero-order chi connectivity index (χ0) is 12.4. The number of rotatable bonds is 2. The summed E-state index contributed by atoms with van der Waals surface area (Å²) in [4.78, 5) is 12.2. The summed E-state index contributed by atoms with van der Waals surface area (Å²) >= 11 is 8.17. The molecule has 17 heavy (non-hydrogen) atoms. The highest BCUT2D eigenvalue weighted by Crippen LogP contribution is 2.18. The second kappa shape index (κ2) is 5.19. The average molecular weight is 357 g/mol. The second-order valence-corrected chi connectivity index (χ2v) is 5.54. The quantitative estimate of drug-likeness (QED) is 0.572. The molecule has 3 heteroatoms. The van der Waals surface area contributed by atoms with Crippen LogP contribution in [0.1, 0.15) is 21.5 Å². The van der Waals surface area contributed by atoms with Crippen molar-refractivity contribution in [3.63, 3.8) is 0 Å². The molecule has 0 saturated carbocycles. The molecule has 2 aromatic rings. The molecule has 0 fully saturated rings. The van der Waals surface area contributed by atoms with Gasteiger partial charge < -0.3 is 0 Å². The first kappa shape index (κ1) is 12.6. The molecule has 1 nitrogen and oxygen atoms in total. The fourth-order valence-electron chi connectivity index (χ4n) is 1.64. The van der Waals surface area contributed by atoms with Gasteiger partial charge in [-0.25, -0.2) is 0 Å². The molecule has 0 aromatic heterocycles. The molecule has 0 aliphatic carbocycles. The average Bonchev–Trinajstić information content (AvgIpc) is 2.28. The van der Waals surface area contributed by atoms with Crippen LogP contribution >= 0.6 is 34.2 Å². The van der Waals surface area contributed by atoms with Gasteiger partial charge >= 0.3 is 0 Å². The van der Waals surface area contributed by atoms with E-state index in [4.69, 9.17) is 11.6 Å². The lowest BCUT2D eigenvalue weighted by Crippen LogP contribution is -2.01. The molecule has 0 unspecified atom stereocenters. The van der Waals surface area contributed by atoms with Crippen LogP contribution in [0.15, 0.2) is 42.5 Å².